The van der Waals surface area contributed by atoms with Gasteiger partial charge in [0.15, 0.2) is 0 Å². The van der Waals surface area contributed by atoms with Crippen LogP contribution in [-0.4, -0.2) is 26.5 Å². The molecular weight excluding hydrogens is 270 g/mol. The molecule has 0 aliphatic heterocycles. The third-order valence-corrected chi connectivity index (χ3v) is 4.39. The third-order valence-electron chi connectivity index (χ3n) is 3.17. The molecular formula is C14H17N5S. The van der Waals surface area contributed by atoms with Gasteiger partial charge in [0.05, 0.1) is 22.5 Å². The summed E-state index contributed by atoms with van der Waals surface area (Å²) in [5, 5.41) is 12.4. The maximum absolute atomic E-state index is 4.67. The smallest absolute Gasteiger partial charge is 0.111 e. The summed E-state index contributed by atoms with van der Waals surface area (Å²) < 4.78 is 3.10. The number of thiazole rings is 1. The quantitative estimate of drug-likeness (QED) is 0.708. The second kappa shape index (κ2) is 6.11. The highest BCUT2D eigenvalue weighted by Crippen LogP contribution is 2.25. The highest BCUT2D eigenvalue weighted by Gasteiger charge is 2.10. The van der Waals surface area contributed by atoms with Gasteiger partial charge in [-0.05, 0) is 32.0 Å². The number of nitrogens with zero attached hydrogens (tertiary/aromatic N) is 4. The summed E-state index contributed by atoms with van der Waals surface area (Å²) in [7, 11) is 0. The molecule has 0 spiro atoms. The van der Waals surface area contributed by atoms with Gasteiger partial charge in [-0.15, -0.1) is 16.4 Å². The molecule has 1 aromatic carbocycles. The van der Waals surface area contributed by atoms with E-state index in [4.69, 9.17) is 0 Å². The van der Waals surface area contributed by atoms with Crippen LogP contribution in [0.15, 0.2) is 36.7 Å². The first-order chi connectivity index (χ1) is 9.83. The first-order valence-corrected chi connectivity index (χ1v) is 7.57. The third kappa shape index (κ3) is 3.02. The minimum absolute atomic E-state index is 0.281. The summed E-state index contributed by atoms with van der Waals surface area (Å²) >= 11 is 1.76. The molecule has 0 aliphatic rings. The fourth-order valence-electron chi connectivity index (χ4n) is 2.07. The normalized spacial score (nSPS) is 12.8. The Bertz CT molecular complexity index is 628. The minimum atomic E-state index is 0.281. The average Bonchev–Trinajstić information content (AvgIpc) is 3.12. The Balaban J connectivity index is 1.52. The Morgan fingerprint density at radius 2 is 2.25 bits per heavy atom. The van der Waals surface area contributed by atoms with Crippen molar-refractivity contribution in [1.29, 1.82) is 0 Å². The predicted molar refractivity (Wildman–Crippen MR) is 80.7 cm³/mol. The molecule has 0 bridgehead atoms. The van der Waals surface area contributed by atoms with Gasteiger partial charge in [0.1, 0.15) is 5.01 Å². The lowest BCUT2D eigenvalue weighted by Gasteiger charge is -2.10. The molecule has 1 atom stereocenters. The molecule has 3 rings (SSSR count). The lowest BCUT2D eigenvalue weighted by Crippen LogP contribution is -2.21. The topological polar surface area (TPSA) is 55.6 Å². The largest absolute Gasteiger partial charge is 0.308 e. The number of aromatic nitrogens is 4. The first-order valence-electron chi connectivity index (χ1n) is 6.76. The van der Waals surface area contributed by atoms with Crippen LogP contribution < -0.4 is 5.32 Å². The van der Waals surface area contributed by atoms with Crippen LogP contribution in [0.2, 0.25) is 0 Å². The number of nitrogens with one attached hydrogen (secondary N) is 1. The van der Waals surface area contributed by atoms with Crippen molar-refractivity contribution in [3.8, 4) is 0 Å². The molecule has 104 valence electrons. The predicted octanol–water partition coefficient (Wildman–Crippen LogP) is 2.63. The Hall–Kier alpha value is -1.79. The van der Waals surface area contributed by atoms with E-state index in [0.717, 1.165) is 30.0 Å². The fourth-order valence-corrected chi connectivity index (χ4v) is 3.07. The van der Waals surface area contributed by atoms with Gasteiger partial charge in [-0.2, -0.15) is 0 Å². The number of hydrogen-bond donors (Lipinski definition) is 1. The summed E-state index contributed by atoms with van der Waals surface area (Å²) in [5.41, 5.74) is 1.09. The lowest BCUT2D eigenvalue weighted by atomic mass is 10.3. The van der Waals surface area contributed by atoms with Crippen LogP contribution in [0.3, 0.4) is 0 Å². The monoisotopic (exact) mass is 287 g/mol. The molecule has 1 unspecified atom stereocenters. The van der Waals surface area contributed by atoms with E-state index in [2.05, 4.69) is 45.7 Å². The van der Waals surface area contributed by atoms with Crippen LogP contribution in [-0.2, 0) is 6.54 Å². The highest BCUT2D eigenvalue weighted by atomic mass is 32.1. The molecule has 2 aromatic heterocycles. The molecule has 1 N–H and O–H groups in total. The van der Waals surface area contributed by atoms with E-state index in [1.807, 2.05) is 16.9 Å². The number of para-hydroxylation sites is 1. The zero-order valence-corrected chi connectivity index (χ0v) is 12.2. The van der Waals surface area contributed by atoms with Gasteiger partial charge in [-0.3, -0.25) is 4.68 Å². The van der Waals surface area contributed by atoms with Crippen molar-refractivity contribution in [3.05, 3.63) is 41.7 Å². The van der Waals surface area contributed by atoms with Gasteiger partial charge in [0, 0.05) is 12.7 Å². The van der Waals surface area contributed by atoms with Crippen molar-refractivity contribution in [2.24, 2.45) is 0 Å². The molecule has 0 amide bonds. The Morgan fingerprint density at radius 1 is 1.35 bits per heavy atom. The Morgan fingerprint density at radius 3 is 3.05 bits per heavy atom. The van der Waals surface area contributed by atoms with Crippen molar-refractivity contribution >= 4 is 21.6 Å². The van der Waals surface area contributed by atoms with Crippen molar-refractivity contribution in [2.45, 2.75) is 25.9 Å². The van der Waals surface area contributed by atoms with E-state index in [9.17, 15) is 0 Å². The summed E-state index contributed by atoms with van der Waals surface area (Å²) in [6.07, 6.45) is 4.62. The van der Waals surface area contributed by atoms with E-state index in [1.165, 1.54) is 4.70 Å². The highest BCUT2D eigenvalue weighted by molar-refractivity contribution is 7.18. The molecule has 3 aromatic rings. The SMILES string of the molecule is CC(NCCCn1ccnn1)c1nc2ccccc2s1. The Labute approximate surface area is 121 Å². The van der Waals surface area contributed by atoms with E-state index in [1.54, 1.807) is 17.5 Å². The van der Waals surface area contributed by atoms with Crippen LogP contribution in [0.25, 0.3) is 10.2 Å². The van der Waals surface area contributed by atoms with Crippen molar-refractivity contribution in [3.63, 3.8) is 0 Å². The zero-order chi connectivity index (χ0) is 13.8. The van der Waals surface area contributed by atoms with Gasteiger partial charge < -0.3 is 5.32 Å². The lowest BCUT2D eigenvalue weighted by molar-refractivity contribution is 0.499. The maximum Gasteiger partial charge on any atom is 0.111 e. The second-order valence-electron chi connectivity index (χ2n) is 4.72. The number of rotatable bonds is 6. The average molecular weight is 287 g/mol. The number of aryl methyl sites for hydroxylation is 1. The molecule has 0 radical (unpaired) electrons. The van der Waals surface area contributed by atoms with Crippen molar-refractivity contribution < 1.29 is 0 Å². The number of benzene rings is 1. The van der Waals surface area contributed by atoms with E-state index >= 15 is 0 Å². The van der Waals surface area contributed by atoms with Crippen LogP contribution in [0.1, 0.15) is 24.4 Å². The summed E-state index contributed by atoms with van der Waals surface area (Å²) in [4.78, 5) is 4.67. The standard InChI is InChI=1S/C14H17N5S/c1-11(15-7-4-9-19-10-8-16-18-19)14-17-12-5-2-3-6-13(12)20-14/h2-3,5-6,8,10-11,15H,4,7,9H2,1H3. The molecule has 5 nitrogen and oxygen atoms in total. The van der Waals surface area contributed by atoms with Crippen molar-refractivity contribution in [1.82, 2.24) is 25.3 Å². The zero-order valence-electron chi connectivity index (χ0n) is 11.4. The first kappa shape index (κ1) is 13.2. The fraction of sp³-hybridized carbons (Fsp3) is 0.357. The second-order valence-corrected chi connectivity index (χ2v) is 5.78. The van der Waals surface area contributed by atoms with Gasteiger partial charge >= 0.3 is 0 Å². The summed E-state index contributed by atoms with van der Waals surface area (Å²) in [6.45, 7) is 3.99. The Kier molecular flexibility index (Phi) is 4.03. The summed E-state index contributed by atoms with van der Waals surface area (Å²) in [6, 6.07) is 8.55. The number of hydrogen-bond acceptors (Lipinski definition) is 5. The van der Waals surface area contributed by atoms with Gasteiger partial charge in [0.2, 0.25) is 0 Å². The van der Waals surface area contributed by atoms with Crippen LogP contribution in [0.5, 0.6) is 0 Å². The molecule has 0 aliphatic carbocycles. The van der Waals surface area contributed by atoms with Crippen LogP contribution in [0.4, 0.5) is 0 Å². The van der Waals surface area contributed by atoms with Gasteiger partial charge in [-0.1, -0.05) is 17.3 Å². The van der Waals surface area contributed by atoms with Gasteiger partial charge in [-0.25, -0.2) is 4.98 Å². The molecule has 0 saturated carbocycles. The molecule has 0 saturated heterocycles. The molecule has 20 heavy (non-hydrogen) atoms. The van der Waals surface area contributed by atoms with E-state index in [0.29, 0.717) is 0 Å². The minimum Gasteiger partial charge on any atom is -0.308 e. The van der Waals surface area contributed by atoms with Crippen LogP contribution >= 0.6 is 11.3 Å². The maximum atomic E-state index is 4.67. The molecule has 6 heteroatoms. The summed E-state index contributed by atoms with van der Waals surface area (Å²) in [5.74, 6) is 0. The van der Waals surface area contributed by atoms with Crippen molar-refractivity contribution in [2.75, 3.05) is 6.54 Å². The molecule has 0 fully saturated rings. The van der Waals surface area contributed by atoms with Gasteiger partial charge in [0.25, 0.3) is 0 Å². The van der Waals surface area contributed by atoms with Crippen LogP contribution in [0, 0.1) is 0 Å². The number of fused-ring (bicyclic) bond motifs is 1. The van der Waals surface area contributed by atoms with E-state index < -0.39 is 0 Å². The molecule has 2 heterocycles. The van der Waals surface area contributed by atoms with E-state index in [-0.39, 0.29) is 6.04 Å².